The van der Waals surface area contributed by atoms with E-state index in [0.29, 0.717) is 132 Å². The summed E-state index contributed by atoms with van der Waals surface area (Å²) in [6, 6.07) is 9.86. The van der Waals surface area contributed by atoms with Gasteiger partial charge >= 0.3 is 0 Å². The van der Waals surface area contributed by atoms with E-state index in [2.05, 4.69) is 5.32 Å². The molecule has 0 spiro atoms. The molecule has 0 aliphatic heterocycles. The number of hydrogen-bond donors (Lipinski definition) is 1. The summed E-state index contributed by atoms with van der Waals surface area (Å²) >= 11 is 0. The fourth-order valence-corrected chi connectivity index (χ4v) is 5.36. The van der Waals surface area contributed by atoms with Crippen LogP contribution < -0.4 is 5.32 Å². The fraction of sp³-hybridized carbons (Fsp3) is 0.676. The quantitative estimate of drug-likeness (QED) is 0.0437. The van der Waals surface area contributed by atoms with Crippen LogP contribution in [0.2, 0.25) is 0 Å². The van der Waals surface area contributed by atoms with Gasteiger partial charge in [0.05, 0.1) is 173 Å². The summed E-state index contributed by atoms with van der Waals surface area (Å²) in [5, 5.41) is 24.8. The predicted molar refractivity (Wildman–Crippen MR) is 212 cm³/mol. The second kappa shape index (κ2) is 34.2. The summed E-state index contributed by atoms with van der Waals surface area (Å²) in [5.74, 6) is 0. The first-order chi connectivity index (χ1) is 28.7. The van der Waals surface area contributed by atoms with Crippen molar-refractivity contribution in [2.24, 2.45) is 0 Å². The predicted octanol–water partition coefficient (Wildman–Crippen LogP) is 2.81. The first kappa shape index (κ1) is 51.7. The minimum atomic E-state index is -3.79. The molecular formula is C37H59N3O18S. The summed E-state index contributed by atoms with van der Waals surface area (Å²) in [4.78, 5) is 20.7. The van der Waals surface area contributed by atoms with Crippen LogP contribution in [0.4, 0.5) is 17.1 Å². The summed E-state index contributed by atoms with van der Waals surface area (Å²) < 4.78 is 89.0. The number of non-ortho nitro benzene ring substituents is 1. The van der Waals surface area contributed by atoms with Crippen molar-refractivity contribution in [1.82, 2.24) is 0 Å². The van der Waals surface area contributed by atoms with E-state index < -0.39 is 20.0 Å². The average molecular weight is 866 g/mol. The summed E-state index contributed by atoms with van der Waals surface area (Å²) in [6.07, 6.45) is 0. The number of nitrogens with one attached hydrogen (secondary N) is 1. The van der Waals surface area contributed by atoms with Crippen molar-refractivity contribution in [1.29, 1.82) is 0 Å². The molecule has 0 aliphatic carbocycles. The van der Waals surface area contributed by atoms with Gasteiger partial charge in [-0.2, -0.15) is 8.42 Å². The Balaban J connectivity index is 1.19. The van der Waals surface area contributed by atoms with Crippen molar-refractivity contribution >= 4 is 27.2 Å². The number of nitrogens with zero attached hydrogens (tertiary/aromatic N) is 2. The number of hydrogen-bond acceptors (Lipinski definition) is 19. The molecular weight excluding hydrogens is 806 g/mol. The van der Waals surface area contributed by atoms with E-state index in [1.165, 1.54) is 24.3 Å². The van der Waals surface area contributed by atoms with Gasteiger partial charge in [-0.15, -0.1) is 0 Å². The van der Waals surface area contributed by atoms with Gasteiger partial charge in [0.2, 0.25) is 0 Å². The Morgan fingerprint density at radius 2 is 0.814 bits per heavy atom. The molecule has 2 aromatic carbocycles. The smallest absolute Gasteiger partial charge is 0.299 e. The van der Waals surface area contributed by atoms with E-state index in [-0.39, 0.29) is 48.3 Å². The number of rotatable bonds is 41. The van der Waals surface area contributed by atoms with E-state index in [9.17, 15) is 28.6 Å². The van der Waals surface area contributed by atoms with Gasteiger partial charge in [0.25, 0.3) is 21.5 Å². The number of nitro groups is 2. The van der Waals surface area contributed by atoms with Crippen molar-refractivity contribution in [3.8, 4) is 0 Å². The van der Waals surface area contributed by atoms with Crippen LogP contribution in [0.1, 0.15) is 5.56 Å². The molecule has 21 nitrogen and oxygen atoms in total. The molecule has 0 atom stereocenters. The third-order valence-corrected chi connectivity index (χ3v) is 8.77. The number of aryl methyl sites for hydroxylation is 1. The lowest BCUT2D eigenvalue weighted by molar-refractivity contribution is -0.393. The molecule has 0 heterocycles. The summed E-state index contributed by atoms with van der Waals surface area (Å²) in [6.45, 7) is 10.7. The molecule has 0 saturated heterocycles. The van der Waals surface area contributed by atoms with Crippen LogP contribution in [-0.4, -0.2) is 177 Å². The maximum Gasteiger partial charge on any atom is 0.299 e. The van der Waals surface area contributed by atoms with Gasteiger partial charge in [0.1, 0.15) is 5.69 Å². The first-order valence-electron chi connectivity index (χ1n) is 19.2. The molecule has 0 saturated carbocycles. The minimum Gasteiger partial charge on any atom is -0.377 e. The van der Waals surface area contributed by atoms with Crippen LogP contribution in [0.5, 0.6) is 0 Å². The SMILES string of the molecule is Cc1ccc(S(=O)(=O)OCCOCCOCCOCCOCCOCCOCCOCCOCCOCCOCCOCCNc2ccc([N+](=O)[O-])cc2[N+](=O)[O-])cc1. The van der Waals surface area contributed by atoms with Gasteiger partial charge in [-0.25, -0.2) is 0 Å². The van der Waals surface area contributed by atoms with Crippen LogP contribution in [0.15, 0.2) is 47.4 Å². The topological polar surface area (TPSA) is 243 Å². The highest BCUT2D eigenvalue weighted by atomic mass is 32.2. The molecule has 1 N–H and O–H groups in total. The molecule has 0 amide bonds. The third-order valence-electron chi connectivity index (χ3n) is 7.45. The summed E-state index contributed by atoms with van der Waals surface area (Å²) in [5.41, 5.74) is 0.417. The lowest BCUT2D eigenvalue weighted by atomic mass is 10.2. The van der Waals surface area contributed by atoms with Gasteiger partial charge in [-0.1, -0.05) is 17.7 Å². The second-order valence-electron chi connectivity index (χ2n) is 12.0. The number of nitro benzene ring substituents is 2. The maximum absolute atomic E-state index is 12.1. The lowest BCUT2D eigenvalue weighted by Crippen LogP contribution is -2.16. The zero-order valence-corrected chi connectivity index (χ0v) is 34.5. The van der Waals surface area contributed by atoms with Gasteiger partial charge < -0.3 is 57.4 Å². The summed E-state index contributed by atoms with van der Waals surface area (Å²) in [7, 11) is -3.79. The highest BCUT2D eigenvalue weighted by Gasteiger charge is 2.19. The maximum atomic E-state index is 12.1. The minimum absolute atomic E-state index is 0.0742. The van der Waals surface area contributed by atoms with Crippen molar-refractivity contribution in [2.45, 2.75) is 11.8 Å². The zero-order valence-electron chi connectivity index (χ0n) is 33.7. The molecule has 0 aromatic heterocycles. The Morgan fingerprint density at radius 1 is 0.475 bits per heavy atom. The number of anilines is 1. The molecule has 2 rings (SSSR count). The molecule has 0 unspecified atom stereocenters. The zero-order chi connectivity index (χ0) is 42.7. The van der Waals surface area contributed by atoms with Crippen LogP contribution in [-0.2, 0) is 66.4 Å². The van der Waals surface area contributed by atoms with Gasteiger partial charge in [0.15, 0.2) is 0 Å². The second-order valence-corrected chi connectivity index (χ2v) is 13.6. The molecule has 22 heteroatoms. The van der Waals surface area contributed by atoms with E-state index in [0.717, 1.165) is 11.6 Å². The lowest BCUT2D eigenvalue weighted by Gasteiger charge is -2.09. The Morgan fingerprint density at radius 3 is 1.15 bits per heavy atom. The molecule has 0 radical (unpaired) electrons. The Labute approximate surface area is 345 Å². The molecule has 59 heavy (non-hydrogen) atoms. The highest BCUT2D eigenvalue weighted by Crippen LogP contribution is 2.28. The largest absolute Gasteiger partial charge is 0.377 e. The Bertz CT molecular complexity index is 1490. The molecule has 0 fully saturated rings. The highest BCUT2D eigenvalue weighted by molar-refractivity contribution is 7.86. The Kier molecular flexibility index (Phi) is 30.0. The van der Waals surface area contributed by atoms with Gasteiger partial charge in [0, 0.05) is 12.6 Å². The molecule has 0 bridgehead atoms. The van der Waals surface area contributed by atoms with Gasteiger partial charge in [-0.05, 0) is 25.1 Å². The van der Waals surface area contributed by atoms with Crippen LogP contribution in [0.25, 0.3) is 0 Å². The van der Waals surface area contributed by atoms with Crippen molar-refractivity contribution in [2.75, 3.05) is 164 Å². The van der Waals surface area contributed by atoms with Crippen LogP contribution in [0.3, 0.4) is 0 Å². The monoisotopic (exact) mass is 865 g/mol. The number of benzene rings is 2. The van der Waals surface area contributed by atoms with Crippen LogP contribution >= 0.6 is 0 Å². The van der Waals surface area contributed by atoms with E-state index in [4.69, 9.17) is 56.3 Å². The fourth-order valence-electron chi connectivity index (χ4n) is 4.47. The van der Waals surface area contributed by atoms with Crippen molar-refractivity contribution in [3.05, 3.63) is 68.3 Å². The average Bonchev–Trinajstić information content (AvgIpc) is 3.22. The van der Waals surface area contributed by atoms with Crippen molar-refractivity contribution < 1.29 is 74.6 Å². The molecule has 336 valence electrons. The van der Waals surface area contributed by atoms with Crippen molar-refractivity contribution in [3.63, 3.8) is 0 Å². The normalized spacial score (nSPS) is 11.6. The first-order valence-corrected chi connectivity index (χ1v) is 20.6. The van der Waals surface area contributed by atoms with E-state index in [1.807, 2.05) is 6.92 Å². The van der Waals surface area contributed by atoms with Gasteiger partial charge in [-0.3, -0.25) is 24.4 Å². The molecule has 2 aromatic rings. The Hall–Kier alpha value is -3.49. The molecule has 0 aliphatic rings. The van der Waals surface area contributed by atoms with Crippen LogP contribution in [0, 0.1) is 27.2 Å². The van der Waals surface area contributed by atoms with E-state index >= 15 is 0 Å². The third kappa shape index (κ3) is 27.1. The van der Waals surface area contributed by atoms with E-state index in [1.54, 1.807) is 12.1 Å². The number of ether oxygens (including phenoxy) is 11. The standard InChI is InChI=1S/C37H59N3O18S/c1-33-2-5-35(6-3-33)59(45,46)58-31-30-57-29-28-56-27-26-55-25-24-54-23-22-53-21-20-52-19-18-51-17-16-50-15-14-49-13-12-48-11-10-47-9-8-38-36-7-4-34(39(41)42)32-37(36)40(43)44/h2-7,32,38H,8-31H2,1H3.